The van der Waals surface area contributed by atoms with Gasteiger partial charge in [0.1, 0.15) is 23.3 Å². The zero-order valence-corrected chi connectivity index (χ0v) is 19.5. The van der Waals surface area contributed by atoms with Crippen molar-refractivity contribution in [1.29, 1.82) is 5.26 Å². The lowest BCUT2D eigenvalue weighted by Crippen LogP contribution is -2.46. The quantitative estimate of drug-likeness (QED) is 0.369. The molecule has 0 amide bonds. The second-order valence-corrected chi connectivity index (χ2v) is 8.72. The summed E-state index contributed by atoms with van der Waals surface area (Å²) in [5, 5.41) is 9.95. The van der Waals surface area contributed by atoms with Crippen LogP contribution in [0.15, 0.2) is 60.9 Å². The number of hydrogen-bond acceptors (Lipinski definition) is 6. The van der Waals surface area contributed by atoms with Gasteiger partial charge in [-0.05, 0) is 79.9 Å². The maximum absolute atomic E-state index is 13.6. The van der Waals surface area contributed by atoms with Crippen molar-refractivity contribution in [2.24, 2.45) is 0 Å². The van der Waals surface area contributed by atoms with Gasteiger partial charge in [-0.1, -0.05) is 0 Å². The zero-order valence-electron chi connectivity index (χ0n) is 19.5. The minimum Gasteiger partial charge on any atom is -0.424 e. The van der Waals surface area contributed by atoms with Crippen molar-refractivity contribution in [2.45, 2.75) is 19.3 Å². The van der Waals surface area contributed by atoms with E-state index in [9.17, 15) is 4.39 Å². The standard InChI is InChI=1S/C27H27FN6O/c28-21-4-9-26-25(17-21)20(19-31-26)3-1-2-12-33-13-15-34(16-14-33)23-5-7-24(8-6-23)35-27-30-11-10-22(18-29)32-27/h4-11,17,19,31H,1-3,12-16H2. The molecular formula is C27H27FN6O. The molecule has 1 fully saturated rings. The van der Waals surface area contributed by atoms with E-state index in [1.54, 1.807) is 18.2 Å². The van der Waals surface area contributed by atoms with Gasteiger partial charge in [-0.15, -0.1) is 0 Å². The first-order valence-electron chi connectivity index (χ1n) is 11.9. The summed E-state index contributed by atoms with van der Waals surface area (Å²) in [4.78, 5) is 16.2. The number of piperazine rings is 1. The number of aryl methyl sites for hydroxylation is 1. The topological polar surface area (TPSA) is 81.1 Å². The number of aromatic nitrogens is 3. The highest BCUT2D eigenvalue weighted by Gasteiger charge is 2.17. The van der Waals surface area contributed by atoms with Crippen LogP contribution in [0.5, 0.6) is 11.8 Å². The minimum atomic E-state index is -0.183. The molecule has 35 heavy (non-hydrogen) atoms. The van der Waals surface area contributed by atoms with Gasteiger partial charge in [0.2, 0.25) is 0 Å². The number of nitrogens with zero attached hydrogens (tertiary/aromatic N) is 5. The van der Waals surface area contributed by atoms with E-state index in [2.05, 4.69) is 24.8 Å². The molecule has 1 aliphatic heterocycles. The summed E-state index contributed by atoms with van der Waals surface area (Å²) in [7, 11) is 0. The summed E-state index contributed by atoms with van der Waals surface area (Å²) in [6.45, 7) is 5.11. The molecule has 5 rings (SSSR count). The molecule has 178 valence electrons. The number of anilines is 1. The van der Waals surface area contributed by atoms with Crippen LogP contribution in [0.1, 0.15) is 24.1 Å². The van der Waals surface area contributed by atoms with Crippen LogP contribution in [-0.4, -0.2) is 52.6 Å². The van der Waals surface area contributed by atoms with Crippen LogP contribution < -0.4 is 9.64 Å². The molecule has 8 heteroatoms. The number of H-pyrrole nitrogens is 1. The third-order valence-corrected chi connectivity index (χ3v) is 6.43. The van der Waals surface area contributed by atoms with Crippen molar-refractivity contribution in [1.82, 2.24) is 19.9 Å². The lowest BCUT2D eigenvalue weighted by Gasteiger charge is -2.36. The smallest absolute Gasteiger partial charge is 0.323 e. The first-order valence-corrected chi connectivity index (χ1v) is 11.9. The molecule has 0 saturated carbocycles. The Morgan fingerprint density at radius 2 is 1.86 bits per heavy atom. The lowest BCUT2D eigenvalue weighted by molar-refractivity contribution is 0.253. The number of benzene rings is 2. The molecule has 7 nitrogen and oxygen atoms in total. The molecule has 1 saturated heterocycles. The van der Waals surface area contributed by atoms with E-state index >= 15 is 0 Å². The van der Waals surface area contributed by atoms with E-state index in [4.69, 9.17) is 10.00 Å². The highest BCUT2D eigenvalue weighted by Crippen LogP contribution is 2.24. The van der Waals surface area contributed by atoms with E-state index in [0.29, 0.717) is 5.75 Å². The van der Waals surface area contributed by atoms with Gasteiger partial charge in [-0.2, -0.15) is 10.2 Å². The molecule has 0 atom stereocenters. The average molecular weight is 471 g/mol. The monoisotopic (exact) mass is 470 g/mol. The third-order valence-electron chi connectivity index (χ3n) is 6.43. The molecule has 2 aromatic heterocycles. The second kappa shape index (κ2) is 10.5. The zero-order chi connectivity index (χ0) is 24.0. The van der Waals surface area contributed by atoms with Gasteiger partial charge < -0.3 is 14.6 Å². The van der Waals surface area contributed by atoms with Gasteiger partial charge in [0, 0.05) is 55.2 Å². The lowest BCUT2D eigenvalue weighted by atomic mass is 10.1. The molecule has 0 aliphatic carbocycles. The number of rotatable bonds is 8. The molecule has 1 N–H and O–H groups in total. The molecular weight excluding hydrogens is 443 g/mol. The SMILES string of the molecule is N#Cc1ccnc(Oc2ccc(N3CCN(CCCCc4c[nH]c5ccc(F)cc45)CC3)cc2)n1. The minimum absolute atomic E-state index is 0.169. The summed E-state index contributed by atoms with van der Waals surface area (Å²) in [5.74, 6) is 0.457. The number of nitrogens with one attached hydrogen (secondary N) is 1. The summed E-state index contributed by atoms with van der Waals surface area (Å²) >= 11 is 0. The highest BCUT2D eigenvalue weighted by molar-refractivity contribution is 5.83. The average Bonchev–Trinajstić information content (AvgIpc) is 3.29. The molecule has 2 aromatic carbocycles. The number of fused-ring (bicyclic) bond motifs is 1. The Hall–Kier alpha value is -3.96. The van der Waals surface area contributed by atoms with Crippen LogP contribution in [0, 0.1) is 17.1 Å². The van der Waals surface area contributed by atoms with E-state index in [0.717, 1.165) is 68.6 Å². The number of nitriles is 1. The van der Waals surface area contributed by atoms with Crippen molar-refractivity contribution < 1.29 is 9.13 Å². The van der Waals surface area contributed by atoms with Gasteiger partial charge in [-0.3, -0.25) is 4.90 Å². The first kappa shape index (κ1) is 22.8. The van der Waals surface area contributed by atoms with Crippen molar-refractivity contribution in [3.63, 3.8) is 0 Å². The molecule has 4 aromatic rings. The fraction of sp³-hybridized carbons (Fsp3) is 0.296. The summed E-state index contributed by atoms with van der Waals surface area (Å²) in [5.41, 5.74) is 3.63. The molecule has 3 heterocycles. The van der Waals surface area contributed by atoms with Crippen LogP contribution in [0.2, 0.25) is 0 Å². The van der Waals surface area contributed by atoms with Crippen molar-refractivity contribution in [3.8, 4) is 17.8 Å². The highest BCUT2D eigenvalue weighted by atomic mass is 19.1. The fourth-order valence-corrected chi connectivity index (χ4v) is 4.52. The van der Waals surface area contributed by atoms with E-state index < -0.39 is 0 Å². The van der Waals surface area contributed by atoms with Crippen LogP contribution in [0.25, 0.3) is 10.9 Å². The second-order valence-electron chi connectivity index (χ2n) is 8.72. The van der Waals surface area contributed by atoms with Crippen molar-refractivity contribution >= 4 is 16.6 Å². The van der Waals surface area contributed by atoms with E-state index in [1.165, 1.54) is 17.8 Å². The van der Waals surface area contributed by atoms with Gasteiger partial charge >= 0.3 is 6.01 Å². The summed E-state index contributed by atoms with van der Waals surface area (Å²) < 4.78 is 19.2. The molecule has 1 aliphatic rings. The summed E-state index contributed by atoms with van der Waals surface area (Å²) in [6.07, 6.45) is 6.70. The van der Waals surface area contributed by atoms with Gasteiger partial charge in [0.15, 0.2) is 0 Å². The number of ether oxygens (including phenoxy) is 1. The van der Waals surface area contributed by atoms with Crippen molar-refractivity contribution in [3.05, 3.63) is 78.0 Å². The Labute approximate surface area is 203 Å². The van der Waals surface area contributed by atoms with Gasteiger partial charge in [0.25, 0.3) is 0 Å². The molecule has 0 spiro atoms. The predicted molar refractivity (Wildman–Crippen MR) is 133 cm³/mol. The maximum atomic E-state index is 13.6. The van der Waals surface area contributed by atoms with E-state index in [-0.39, 0.29) is 17.5 Å². The Morgan fingerprint density at radius 1 is 1.03 bits per heavy atom. The molecule has 0 unspecified atom stereocenters. The van der Waals surface area contributed by atoms with Gasteiger partial charge in [-0.25, -0.2) is 9.37 Å². The largest absolute Gasteiger partial charge is 0.424 e. The predicted octanol–water partition coefficient (Wildman–Crippen LogP) is 4.91. The summed E-state index contributed by atoms with van der Waals surface area (Å²) in [6, 6.07) is 16.5. The molecule has 0 bridgehead atoms. The number of aromatic amines is 1. The van der Waals surface area contributed by atoms with Crippen molar-refractivity contribution in [2.75, 3.05) is 37.6 Å². The Balaban J connectivity index is 1.06. The van der Waals surface area contributed by atoms with Crippen LogP contribution in [0.3, 0.4) is 0 Å². The maximum Gasteiger partial charge on any atom is 0.323 e. The number of unbranched alkanes of at least 4 members (excludes halogenated alkanes) is 1. The number of halogens is 1. The fourth-order valence-electron chi connectivity index (χ4n) is 4.52. The normalized spacial score (nSPS) is 14.2. The Bertz CT molecular complexity index is 1320. The van der Waals surface area contributed by atoms with Crippen LogP contribution in [-0.2, 0) is 6.42 Å². The Kier molecular flexibility index (Phi) is 6.87. The van der Waals surface area contributed by atoms with Crippen LogP contribution >= 0.6 is 0 Å². The van der Waals surface area contributed by atoms with E-state index in [1.807, 2.05) is 36.5 Å². The third kappa shape index (κ3) is 5.58. The number of hydrogen-bond donors (Lipinski definition) is 1. The molecule has 0 radical (unpaired) electrons. The van der Waals surface area contributed by atoms with Crippen LogP contribution in [0.4, 0.5) is 10.1 Å². The van der Waals surface area contributed by atoms with Gasteiger partial charge in [0.05, 0.1) is 0 Å². The first-order chi connectivity index (χ1) is 17.2. The Morgan fingerprint density at radius 3 is 2.66 bits per heavy atom.